The Kier molecular flexibility index (Phi) is 5.22. The molecule has 2 heterocycles. The molecule has 154 valence electrons. The van der Waals surface area contributed by atoms with Crippen LogP contribution in [-0.4, -0.2) is 26.7 Å². The number of halogens is 1. The van der Waals surface area contributed by atoms with Gasteiger partial charge < -0.3 is 5.11 Å². The highest BCUT2D eigenvalue weighted by atomic mass is 35.5. The molecule has 0 bridgehead atoms. The van der Waals surface area contributed by atoms with Crippen LogP contribution in [0.3, 0.4) is 0 Å². The summed E-state index contributed by atoms with van der Waals surface area (Å²) in [6, 6.07) is 13.8. The van der Waals surface area contributed by atoms with Crippen LogP contribution in [0.5, 0.6) is 0 Å². The van der Waals surface area contributed by atoms with Crippen LogP contribution in [-0.2, 0) is 9.59 Å². The molecule has 1 aliphatic heterocycles. The zero-order valence-corrected chi connectivity index (χ0v) is 16.6. The fourth-order valence-electron chi connectivity index (χ4n) is 3.45. The van der Waals surface area contributed by atoms with Crippen LogP contribution >= 0.6 is 11.6 Å². The van der Waals surface area contributed by atoms with Gasteiger partial charge in [0.15, 0.2) is 0 Å². The predicted molar refractivity (Wildman–Crippen MR) is 114 cm³/mol. The monoisotopic (exact) mass is 435 g/mol. The van der Waals surface area contributed by atoms with Crippen molar-refractivity contribution in [3.63, 3.8) is 0 Å². The Hall–Kier alpha value is -4.04. The molecule has 1 amide bonds. The number of benzene rings is 2. The van der Waals surface area contributed by atoms with E-state index in [0.29, 0.717) is 21.8 Å². The number of Topliss-reactive ketones (excluding diaryl/α,β-unsaturated/α-hetero) is 1. The summed E-state index contributed by atoms with van der Waals surface area (Å²) in [7, 11) is 0. The van der Waals surface area contributed by atoms with Gasteiger partial charge in [-0.05, 0) is 54.1 Å². The summed E-state index contributed by atoms with van der Waals surface area (Å²) in [5, 5.41) is 22.4. The number of aromatic nitrogens is 1. The Bertz CT molecular complexity index is 1210. The highest BCUT2D eigenvalue weighted by molar-refractivity contribution is 6.51. The fraction of sp³-hybridized carbons (Fsp3) is 0.0455. The second kappa shape index (κ2) is 8.00. The SMILES string of the molecule is O=C1C(=O)N(c2cccnc2)[C@H](c2ccc([N+](=O)[O-])cc2)C1=C(O)c1ccc(Cl)cc1. The second-order valence-corrected chi connectivity index (χ2v) is 7.17. The van der Waals surface area contributed by atoms with Crippen molar-refractivity contribution in [2.75, 3.05) is 4.90 Å². The number of anilines is 1. The van der Waals surface area contributed by atoms with E-state index in [9.17, 15) is 24.8 Å². The third kappa shape index (κ3) is 3.64. The molecule has 0 radical (unpaired) electrons. The molecule has 0 unspecified atom stereocenters. The smallest absolute Gasteiger partial charge is 0.300 e. The molecule has 1 fully saturated rings. The number of carbonyl (C=O) groups excluding carboxylic acids is 2. The van der Waals surface area contributed by atoms with Crippen molar-refractivity contribution in [2.24, 2.45) is 0 Å². The van der Waals surface area contributed by atoms with E-state index in [2.05, 4.69) is 4.98 Å². The molecule has 1 atom stereocenters. The third-order valence-corrected chi connectivity index (χ3v) is 5.16. The number of nitro groups is 1. The Labute approximate surface area is 181 Å². The first-order valence-corrected chi connectivity index (χ1v) is 9.47. The van der Waals surface area contributed by atoms with Gasteiger partial charge >= 0.3 is 0 Å². The zero-order valence-electron chi connectivity index (χ0n) is 15.8. The van der Waals surface area contributed by atoms with Crippen molar-refractivity contribution >= 4 is 40.4 Å². The molecule has 1 aromatic heterocycles. The number of hydrogen-bond donors (Lipinski definition) is 1. The largest absolute Gasteiger partial charge is 0.507 e. The zero-order chi connectivity index (χ0) is 22.1. The Balaban J connectivity index is 1.92. The fourth-order valence-corrected chi connectivity index (χ4v) is 3.58. The van der Waals surface area contributed by atoms with Gasteiger partial charge in [-0.1, -0.05) is 11.6 Å². The maximum Gasteiger partial charge on any atom is 0.300 e. The summed E-state index contributed by atoms with van der Waals surface area (Å²) in [4.78, 5) is 41.6. The van der Waals surface area contributed by atoms with Gasteiger partial charge in [0.1, 0.15) is 5.76 Å². The lowest BCUT2D eigenvalue weighted by Gasteiger charge is -2.25. The van der Waals surface area contributed by atoms with Gasteiger partial charge in [-0.15, -0.1) is 0 Å². The number of carbonyl (C=O) groups is 2. The standard InChI is InChI=1S/C22H14ClN3O5/c23-15-7-3-14(4-8-15)20(27)18-19(13-5-9-16(10-6-13)26(30)31)25(22(29)21(18)28)17-2-1-11-24-12-17/h1-12,19,27H/t19-/m1/s1. The Morgan fingerprint density at radius 1 is 1.06 bits per heavy atom. The van der Waals surface area contributed by atoms with Gasteiger partial charge in [0, 0.05) is 28.9 Å². The van der Waals surface area contributed by atoms with E-state index in [4.69, 9.17) is 11.6 Å². The third-order valence-electron chi connectivity index (χ3n) is 4.91. The van der Waals surface area contributed by atoms with E-state index in [0.717, 1.165) is 0 Å². The summed E-state index contributed by atoms with van der Waals surface area (Å²) in [5.41, 5.74) is 0.803. The van der Waals surface area contributed by atoms with Gasteiger partial charge in [-0.3, -0.25) is 29.6 Å². The van der Waals surface area contributed by atoms with Crippen molar-refractivity contribution in [2.45, 2.75) is 6.04 Å². The van der Waals surface area contributed by atoms with E-state index in [1.165, 1.54) is 53.7 Å². The molecule has 1 N–H and O–H groups in total. The highest BCUT2D eigenvalue weighted by Crippen LogP contribution is 2.42. The number of ketones is 1. The molecule has 9 heteroatoms. The number of aliphatic hydroxyl groups excluding tert-OH is 1. The molecule has 31 heavy (non-hydrogen) atoms. The van der Waals surface area contributed by atoms with Gasteiger partial charge in [0.05, 0.1) is 28.4 Å². The predicted octanol–water partition coefficient (Wildman–Crippen LogP) is 4.27. The number of nitro benzene ring substituents is 1. The average Bonchev–Trinajstić information content (AvgIpc) is 3.05. The van der Waals surface area contributed by atoms with Crippen molar-refractivity contribution in [1.82, 2.24) is 4.98 Å². The maximum atomic E-state index is 13.0. The summed E-state index contributed by atoms with van der Waals surface area (Å²) in [5.74, 6) is -2.09. The number of pyridine rings is 1. The van der Waals surface area contributed by atoms with Crippen LogP contribution in [0.1, 0.15) is 17.2 Å². The molecule has 1 saturated heterocycles. The summed E-state index contributed by atoms with van der Waals surface area (Å²) >= 11 is 5.91. The number of non-ortho nitro benzene ring substituents is 1. The minimum atomic E-state index is -0.999. The van der Waals surface area contributed by atoms with E-state index < -0.39 is 22.7 Å². The molecule has 8 nitrogen and oxygen atoms in total. The molecule has 1 aliphatic rings. The number of amides is 1. The quantitative estimate of drug-likeness (QED) is 0.215. The molecule has 4 rings (SSSR count). The minimum absolute atomic E-state index is 0.134. The average molecular weight is 436 g/mol. The van der Waals surface area contributed by atoms with Gasteiger partial charge in [-0.2, -0.15) is 0 Å². The van der Waals surface area contributed by atoms with Crippen LogP contribution in [0, 0.1) is 10.1 Å². The summed E-state index contributed by atoms with van der Waals surface area (Å²) in [6.45, 7) is 0. The van der Waals surface area contributed by atoms with E-state index in [-0.39, 0.29) is 17.0 Å². The first-order valence-electron chi connectivity index (χ1n) is 9.10. The lowest BCUT2D eigenvalue weighted by molar-refractivity contribution is -0.384. The van der Waals surface area contributed by atoms with Crippen LogP contribution in [0.2, 0.25) is 5.02 Å². The molecule has 0 aliphatic carbocycles. The molecule has 0 saturated carbocycles. The van der Waals surface area contributed by atoms with Gasteiger partial charge in [-0.25, -0.2) is 0 Å². The van der Waals surface area contributed by atoms with Crippen LogP contribution in [0.15, 0.2) is 78.6 Å². The maximum absolute atomic E-state index is 13.0. The minimum Gasteiger partial charge on any atom is -0.507 e. The lowest BCUT2D eigenvalue weighted by Crippen LogP contribution is -2.29. The Morgan fingerprint density at radius 3 is 2.32 bits per heavy atom. The number of aliphatic hydroxyl groups is 1. The van der Waals surface area contributed by atoms with E-state index in [1.54, 1.807) is 24.3 Å². The van der Waals surface area contributed by atoms with Crippen molar-refractivity contribution < 1.29 is 19.6 Å². The van der Waals surface area contributed by atoms with E-state index >= 15 is 0 Å². The molecular weight excluding hydrogens is 422 g/mol. The normalized spacial score (nSPS) is 17.7. The van der Waals surface area contributed by atoms with Crippen molar-refractivity contribution in [1.29, 1.82) is 0 Å². The van der Waals surface area contributed by atoms with Crippen molar-refractivity contribution in [3.05, 3.63) is 105 Å². The van der Waals surface area contributed by atoms with Crippen LogP contribution < -0.4 is 4.90 Å². The van der Waals surface area contributed by atoms with Crippen molar-refractivity contribution in [3.8, 4) is 0 Å². The first-order chi connectivity index (χ1) is 14.9. The van der Waals surface area contributed by atoms with Gasteiger partial charge in [0.25, 0.3) is 17.4 Å². The summed E-state index contributed by atoms with van der Waals surface area (Å²) < 4.78 is 0. The number of nitrogens with zero attached hydrogens (tertiary/aromatic N) is 3. The molecule has 2 aromatic carbocycles. The Morgan fingerprint density at radius 2 is 1.74 bits per heavy atom. The lowest BCUT2D eigenvalue weighted by atomic mass is 9.95. The molecular formula is C22H14ClN3O5. The van der Waals surface area contributed by atoms with E-state index in [1.807, 2.05) is 0 Å². The number of rotatable bonds is 4. The molecule has 0 spiro atoms. The van der Waals surface area contributed by atoms with Crippen LogP contribution in [0.25, 0.3) is 5.76 Å². The molecule has 3 aromatic rings. The first kappa shape index (κ1) is 20.2. The second-order valence-electron chi connectivity index (χ2n) is 6.74. The topological polar surface area (TPSA) is 114 Å². The van der Waals surface area contributed by atoms with Gasteiger partial charge in [0.2, 0.25) is 0 Å². The summed E-state index contributed by atoms with van der Waals surface area (Å²) in [6.07, 6.45) is 2.94. The number of hydrogen-bond acceptors (Lipinski definition) is 6. The van der Waals surface area contributed by atoms with Crippen LogP contribution in [0.4, 0.5) is 11.4 Å². The highest BCUT2D eigenvalue weighted by Gasteiger charge is 2.47.